The Morgan fingerprint density at radius 3 is 2.94 bits per heavy atom. The molecular formula is C13H15ClN2. The third kappa shape index (κ3) is 2.12. The Labute approximate surface area is 100 Å². The van der Waals surface area contributed by atoms with E-state index in [2.05, 4.69) is 24.0 Å². The number of nitrogens with zero attached hydrogens (tertiary/aromatic N) is 1. The first-order chi connectivity index (χ1) is 7.72. The van der Waals surface area contributed by atoms with Gasteiger partial charge in [-0.2, -0.15) is 0 Å². The van der Waals surface area contributed by atoms with E-state index in [0.717, 1.165) is 17.3 Å². The number of fused-ring (bicyclic) bond motifs is 1. The molecule has 84 valence electrons. The zero-order chi connectivity index (χ0) is 11.5. The van der Waals surface area contributed by atoms with Crippen LogP contribution in [0, 0.1) is 0 Å². The van der Waals surface area contributed by atoms with E-state index < -0.39 is 0 Å². The van der Waals surface area contributed by atoms with Gasteiger partial charge in [0.2, 0.25) is 0 Å². The summed E-state index contributed by atoms with van der Waals surface area (Å²) in [6, 6.07) is 6.21. The van der Waals surface area contributed by atoms with Gasteiger partial charge >= 0.3 is 0 Å². The molecule has 2 N–H and O–H groups in total. The highest BCUT2D eigenvalue weighted by molar-refractivity contribution is 6.37. The lowest BCUT2D eigenvalue weighted by Gasteiger charge is -2.05. The number of hydrogen-bond acceptors (Lipinski definition) is 2. The Morgan fingerprint density at radius 2 is 2.19 bits per heavy atom. The number of pyridine rings is 1. The van der Waals surface area contributed by atoms with Gasteiger partial charge in [0.25, 0.3) is 0 Å². The van der Waals surface area contributed by atoms with E-state index in [4.69, 9.17) is 17.3 Å². The van der Waals surface area contributed by atoms with Gasteiger partial charge in [-0.05, 0) is 30.5 Å². The minimum absolute atomic E-state index is 0.543. The van der Waals surface area contributed by atoms with E-state index >= 15 is 0 Å². The number of aromatic nitrogens is 1. The normalized spacial score (nSPS) is 10.9. The topological polar surface area (TPSA) is 38.9 Å². The molecule has 0 bridgehead atoms. The van der Waals surface area contributed by atoms with Crippen LogP contribution in [0.4, 0.5) is 5.69 Å². The molecule has 0 fully saturated rings. The molecule has 0 unspecified atom stereocenters. The summed E-state index contributed by atoms with van der Waals surface area (Å²) in [5.41, 5.74) is 8.48. The van der Waals surface area contributed by atoms with E-state index in [-0.39, 0.29) is 0 Å². The Balaban J connectivity index is 2.47. The third-order valence-electron chi connectivity index (χ3n) is 2.71. The number of unbranched alkanes of at least 4 members (excludes halogenated alkanes) is 1. The van der Waals surface area contributed by atoms with Crippen LogP contribution in [0.25, 0.3) is 10.9 Å². The molecule has 0 saturated heterocycles. The van der Waals surface area contributed by atoms with Crippen molar-refractivity contribution in [1.29, 1.82) is 0 Å². The maximum absolute atomic E-state index is 6.17. The first kappa shape index (κ1) is 11.2. The summed E-state index contributed by atoms with van der Waals surface area (Å²) in [4.78, 5) is 4.25. The Morgan fingerprint density at radius 1 is 1.38 bits per heavy atom. The number of benzene rings is 1. The lowest BCUT2D eigenvalue weighted by molar-refractivity contribution is 0.796. The van der Waals surface area contributed by atoms with Gasteiger partial charge in [-0.3, -0.25) is 4.98 Å². The van der Waals surface area contributed by atoms with E-state index in [9.17, 15) is 0 Å². The molecule has 1 aromatic heterocycles. The van der Waals surface area contributed by atoms with Crippen molar-refractivity contribution >= 4 is 28.2 Å². The van der Waals surface area contributed by atoms with Gasteiger partial charge in [0, 0.05) is 5.39 Å². The maximum Gasteiger partial charge on any atom is 0.0745 e. The van der Waals surface area contributed by atoms with Crippen molar-refractivity contribution in [2.75, 3.05) is 5.73 Å². The fourth-order valence-electron chi connectivity index (χ4n) is 1.76. The number of nitrogen functional groups attached to an aromatic ring is 1. The molecule has 0 amide bonds. The number of rotatable bonds is 3. The van der Waals surface area contributed by atoms with Crippen LogP contribution in [0.15, 0.2) is 24.4 Å². The van der Waals surface area contributed by atoms with Crippen molar-refractivity contribution in [3.63, 3.8) is 0 Å². The predicted octanol–water partition coefficient (Wildman–Crippen LogP) is 3.81. The second kappa shape index (κ2) is 4.71. The second-order valence-electron chi connectivity index (χ2n) is 3.98. The molecule has 0 atom stereocenters. The van der Waals surface area contributed by atoms with Gasteiger partial charge < -0.3 is 5.73 Å². The molecule has 0 aliphatic heterocycles. The highest BCUT2D eigenvalue weighted by Crippen LogP contribution is 2.28. The molecule has 1 heterocycles. The summed E-state index contributed by atoms with van der Waals surface area (Å²) in [6.45, 7) is 2.19. The fourth-order valence-corrected chi connectivity index (χ4v) is 1.96. The van der Waals surface area contributed by atoms with Crippen molar-refractivity contribution < 1.29 is 0 Å². The number of hydrogen-bond donors (Lipinski definition) is 1. The van der Waals surface area contributed by atoms with Crippen molar-refractivity contribution in [3.8, 4) is 0 Å². The van der Waals surface area contributed by atoms with Gasteiger partial charge in [0.15, 0.2) is 0 Å². The van der Waals surface area contributed by atoms with Crippen LogP contribution in [0.3, 0.4) is 0 Å². The van der Waals surface area contributed by atoms with Crippen LogP contribution in [0.5, 0.6) is 0 Å². The monoisotopic (exact) mass is 234 g/mol. The smallest absolute Gasteiger partial charge is 0.0745 e. The summed E-state index contributed by atoms with van der Waals surface area (Å²) in [6.07, 6.45) is 5.08. The van der Waals surface area contributed by atoms with Gasteiger partial charge in [0.05, 0.1) is 22.4 Å². The lowest BCUT2D eigenvalue weighted by Crippen LogP contribution is -1.91. The standard InChI is InChI=1S/C13H15ClN2/c1-2-3-4-9-5-6-12-10(7-9)13(14)11(15)8-16-12/h5-8H,2-4,15H2,1H3. The number of aryl methyl sites for hydroxylation is 1. The Kier molecular flexibility index (Phi) is 3.30. The van der Waals surface area contributed by atoms with Crippen LogP contribution in [-0.2, 0) is 6.42 Å². The summed E-state index contributed by atoms with van der Waals surface area (Å²) < 4.78 is 0. The van der Waals surface area contributed by atoms with Gasteiger partial charge in [-0.15, -0.1) is 0 Å². The molecule has 0 radical (unpaired) electrons. The molecule has 16 heavy (non-hydrogen) atoms. The molecule has 2 aromatic rings. The average molecular weight is 235 g/mol. The lowest BCUT2D eigenvalue weighted by atomic mass is 10.1. The van der Waals surface area contributed by atoms with Crippen molar-refractivity contribution in [2.45, 2.75) is 26.2 Å². The van der Waals surface area contributed by atoms with E-state index in [1.54, 1.807) is 6.20 Å². The van der Waals surface area contributed by atoms with E-state index in [0.29, 0.717) is 10.7 Å². The van der Waals surface area contributed by atoms with E-state index in [1.165, 1.54) is 18.4 Å². The molecule has 0 saturated carbocycles. The van der Waals surface area contributed by atoms with Gasteiger partial charge in [-0.1, -0.05) is 31.0 Å². The van der Waals surface area contributed by atoms with Crippen LogP contribution in [0.2, 0.25) is 5.02 Å². The molecule has 3 heteroatoms. The summed E-state index contributed by atoms with van der Waals surface area (Å²) in [7, 11) is 0. The van der Waals surface area contributed by atoms with Crippen LogP contribution < -0.4 is 5.73 Å². The Bertz CT molecular complexity index is 509. The minimum atomic E-state index is 0.543. The zero-order valence-electron chi connectivity index (χ0n) is 9.33. The fraction of sp³-hybridized carbons (Fsp3) is 0.308. The molecule has 1 aromatic carbocycles. The molecule has 0 aliphatic rings. The minimum Gasteiger partial charge on any atom is -0.396 e. The SMILES string of the molecule is CCCCc1ccc2ncc(N)c(Cl)c2c1. The summed E-state index contributed by atoms with van der Waals surface area (Å²) in [5, 5.41) is 1.57. The highest BCUT2D eigenvalue weighted by Gasteiger charge is 2.04. The summed E-state index contributed by atoms with van der Waals surface area (Å²) >= 11 is 6.17. The quantitative estimate of drug-likeness (QED) is 0.877. The predicted molar refractivity (Wildman–Crippen MR) is 69.8 cm³/mol. The maximum atomic E-state index is 6.17. The number of nitrogens with two attached hydrogens (primary N) is 1. The third-order valence-corrected chi connectivity index (χ3v) is 3.13. The zero-order valence-corrected chi connectivity index (χ0v) is 10.1. The number of anilines is 1. The summed E-state index contributed by atoms with van der Waals surface area (Å²) in [5.74, 6) is 0. The molecule has 0 spiro atoms. The second-order valence-corrected chi connectivity index (χ2v) is 4.36. The van der Waals surface area contributed by atoms with Crippen LogP contribution in [-0.4, -0.2) is 4.98 Å². The van der Waals surface area contributed by atoms with Crippen molar-refractivity contribution in [1.82, 2.24) is 4.98 Å². The molecule has 0 aliphatic carbocycles. The molecule has 2 rings (SSSR count). The van der Waals surface area contributed by atoms with Crippen molar-refractivity contribution in [2.24, 2.45) is 0 Å². The first-order valence-electron chi connectivity index (χ1n) is 5.55. The largest absolute Gasteiger partial charge is 0.396 e. The van der Waals surface area contributed by atoms with Crippen LogP contribution in [0.1, 0.15) is 25.3 Å². The van der Waals surface area contributed by atoms with E-state index in [1.807, 2.05) is 6.07 Å². The first-order valence-corrected chi connectivity index (χ1v) is 5.92. The molecular weight excluding hydrogens is 220 g/mol. The molecule has 2 nitrogen and oxygen atoms in total. The Hall–Kier alpha value is -1.28. The number of halogens is 1. The highest BCUT2D eigenvalue weighted by atomic mass is 35.5. The van der Waals surface area contributed by atoms with Gasteiger partial charge in [0.1, 0.15) is 0 Å². The van der Waals surface area contributed by atoms with Crippen molar-refractivity contribution in [3.05, 3.63) is 35.0 Å². The average Bonchev–Trinajstić information content (AvgIpc) is 2.31. The van der Waals surface area contributed by atoms with Crippen LogP contribution >= 0.6 is 11.6 Å². The van der Waals surface area contributed by atoms with Gasteiger partial charge in [-0.25, -0.2) is 0 Å².